The zero-order valence-electron chi connectivity index (χ0n) is 10.6. The standard InChI is InChI=1S/C13H18O7/c14-6-8(15)12-10(17)9(16)11(18)13(20-12)19-7-4-2-1-3-5-7/h1-5,8-18H,6H2/t8?,9?,10?,11?,12?,13-/m0/s1. The third-order valence-corrected chi connectivity index (χ3v) is 3.17. The monoisotopic (exact) mass is 286 g/mol. The molecule has 1 aromatic rings. The van der Waals surface area contributed by atoms with E-state index in [4.69, 9.17) is 14.6 Å². The minimum absolute atomic E-state index is 0.400. The summed E-state index contributed by atoms with van der Waals surface area (Å²) in [7, 11) is 0. The van der Waals surface area contributed by atoms with Gasteiger partial charge in [0, 0.05) is 0 Å². The topological polar surface area (TPSA) is 120 Å². The van der Waals surface area contributed by atoms with Gasteiger partial charge < -0.3 is 35.0 Å². The van der Waals surface area contributed by atoms with Crippen molar-refractivity contribution in [2.45, 2.75) is 36.8 Å². The maximum Gasteiger partial charge on any atom is 0.229 e. The van der Waals surface area contributed by atoms with Crippen molar-refractivity contribution >= 4 is 0 Å². The fourth-order valence-corrected chi connectivity index (χ4v) is 2.03. The molecule has 0 aliphatic carbocycles. The van der Waals surface area contributed by atoms with Crippen LogP contribution in [0.5, 0.6) is 5.75 Å². The lowest BCUT2D eigenvalue weighted by molar-refractivity contribution is -0.290. The Bertz CT molecular complexity index is 412. The summed E-state index contributed by atoms with van der Waals surface area (Å²) in [6, 6.07) is 8.48. The van der Waals surface area contributed by atoms with Crippen molar-refractivity contribution in [3.05, 3.63) is 30.3 Å². The number of aliphatic hydroxyl groups excluding tert-OH is 5. The minimum atomic E-state index is -1.55. The minimum Gasteiger partial charge on any atom is -0.462 e. The maximum absolute atomic E-state index is 9.84. The van der Waals surface area contributed by atoms with Crippen molar-refractivity contribution in [3.8, 4) is 5.75 Å². The molecule has 6 atom stereocenters. The lowest BCUT2D eigenvalue weighted by Gasteiger charge is -2.41. The quantitative estimate of drug-likeness (QED) is 0.444. The highest BCUT2D eigenvalue weighted by Crippen LogP contribution is 2.25. The van der Waals surface area contributed by atoms with Gasteiger partial charge in [0.2, 0.25) is 6.29 Å². The number of aliphatic hydroxyl groups is 5. The van der Waals surface area contributed by atoms with Gasteiger partial charge in [-0.2, -0.15) is 0 Å². The molecule has 5 unspecified atom stereocenters. The fourth-order valence-electron chi connectivity index (χ4n) is 2.03. The van der Waals surface area contributed by atoms with Gasteiger partial charge in [0.1, 0.15) is 36.3 Å². The molecule has 7 nitrogen and oxygen atoms in total. The lowest BCUT2D eigenvalue weighted by Crippen LogP contribution is -2.62. The Balaban J connectivity index is 2.11. The second-order valence-electron chi connectivity index (χ2n) is 4.62. The first-order chi connectivity index (χ1) is 9.54. The zero-order chi connectivity index (χ0) is 14.7. The molecule has 1 saturated heterocycles. The van der Waals surface area contributed by atoms with Crippen molar-refractivity contribution < 1.29 is 35.0 Å². The van der Waals surface area contributed by atoms with Crippen LogP contribution in [0.2, 0.25) is 0 Å². The summed E-state index contributed by atoms with van der Waals surface area (Å²) >= 11 is 0. The Morgan fingerprint density at radius 3 is 2.30 bits per heavy atom. The molecule has 7 heteroatoms. The lowest BCUT2D eigenvalue weighted by atomic mass is 9.95. The molecule has 0 amide bonds. The summed E-state index contributed by atoms with van der Waals surface area (Å²) in [5.74, 6) is 0.400. The van der Waals surface area contributed by atoms with Crippen LogP contribution < -0.4 is 4.74 Å². The van der Waals surface area contributed by atoms with Crippen molar-refractivity contribution in [2.75, 3.05) is 6.61 Å². The van der Waals surface area contributed by atoms with Crippen molar-refractivity contribution in [2.24, 2.45) is 0 Å². The molecule has 112 valence electrons. The number of rotatable bonds is 4. The van der Waals surface area contributed by atoms with E-state index in [-0.39, 0.29) is 0 Å². The largest absolute Gasteiger partial charge is 0.462 e. The summed E-state index contributed by atoms with van der Waals surface area (Å²) < 4.78 is 10.6. The van der Waals surface area contributed by atoms with Gasteiger partial charge in [-0.3, -0.25) is 0 Å². The molecule has 0 aromatic heterocycles. The summed E-state index contributed by atoms with van der Waals surface area (Å²) in [6.07, 6.45) is -8.47. The number of para-hydroxylation sites is 1. The van der Waals surface area contributed by atoms with E-state index in [1.165, 1.54) is 0 Å². The molecular formula is C13H18O7. The summed E-state index contributed by atoms with van der Waals surface area (Å²) in [4.78, 5) is 0. The highest BCUT2D eigenvalue weighted by atomic mass is 16.7. The van der Waals surface area contributed by atoms with Crippen LogP contribution in [0.4, 0.5) is 0 Å². The number of ether oxygens (including phenoxy) is 2. The predicted molar refractivity (Wildman–Crippen MR) is 66.8 cm³/mol. The molecule has 1 aliphatic heterocycles. The molecule has 0 saturated carbocycles. The van der Waals surface area contributed by atoms with Crippen LogP contribution in [0.15, 0.2) is 30.3 Å². The van der Waals surface area contributed by atoms with Crippen LogP contribution in [-0.2, 0) is 4.74 Å². The van der Waals surface area contributed by atoms with E-state index < -0.39 is 43.4 Å². The summed E-state index contributed by atoms with van der Waals surface area (Å²) in [5, 5.41) is 47.8. The Kier molecular flexibility index (Phi) is 4.92. The Labute approximate surface area is 115 Å². The normalized spacial score (nSPS) is 35.5. The van der Waals surface area contributed by atoms with Gasteiger partial charge >= 0.3 is 0 Å². The van der Waals surface area contributed by atoms with Gasteiger partial charge in [-0.1, -0.05) is 18.2 Å². The van der Waals surface area contributed by atoms with Crippen LogP contribution in [0.25, 0.3) is 0 Å². The van der Waals surface area contributed by atoms with Crippen LogP contribution in [0.1, 0.15) is 0 Å². The van der Waals surface area contributed by atoms with Crippen molar-refractivity contribution in [3.63, 3.8) is 0 Å². The first kappa shape index (κ1) is 15.2. The third kappa shape index (κ3) is 3.09. The second-order valence-corrected chi connectivity index (χ2v) is 4.62. The number of benzene rings is 1. The van der Waals surface area contributed by atoms with Gasteiger partial charge in [-0.15, -0.1) is 0 Å². The molecule has 20 heavy (non-hydrogen) atoms. The predicted octanol–water partition coefficient (Wildman–Crippen LogP) is -1.77. The highest BCUT2D eigenvalue weighted by molar-refractivity contribution is 5.21. The molecular weight excluding hydrogens is 268 g/mol. The van der Waals surface area contributed by atoms with E-state index in [0.29, 0.717) is 5.75 Å². The maximum atomic E-state index is 9.84. The average Bonchev–Trinajstić information content (AvgIpc) is 2.48. The molecule has 1 heterocycles. The van der Waals surface area contributed by atoms with E-state index in [0.717, 1.165) is 0 Å². The van der Waals surface area contributed by atoms with Gasteiger partial charge in [0.05, 0.1) is 6.61 Å². The molecule has 0 radical (unpaired) electrons. The van der Waals surface area contributed by atoms with Crippen LogP contribution in [0.3, 0.4) is 0 Å². The van der Waals surface area contributed by atoms with E-state index in [2.05, 4.69) is 0 Å². The van der Waals surface area contributed by atoms with E-state index in [1.54, 1.807) is 30.3 Å². The van der Waals surface area contributed by atoms with Crippen LogP contribution >= 0.6 is 0 Å². The Hall–Kier alpha value is -1.22. The van der Waals surface area contributed by atoms with Gasteiger partial charge in [0.15, 0.2) is 0 Å². The van der Waals surface area contributed by atoms with Gasteiger partial charge in [-0.05, 0) is 12.1 Å². The van der Waals surface area contributed by atoms with Crippen molar-refractivity contribution in [1.82, 2.24) is 0 Å². The molecule has 0 bridgehead atoms. The van der Waals surface area contributed by atoms with E-state index >= 15 is 0 Å². The molecule has 0 spiro atoms. The summed E-state index contributed by atoms with van der Waals surface area (Å²) in [5.41, 5.74) is 0. The van der Waals surface area contributed by atoms with E-state index in [1.807, 2.05) is 0 Å². The third-order valence-electron chi connectivity index (χ3n) is 3.17. The SMILES string of the molecule is OCC(O)C1O[C@H](Oc2ccccc2)C(O)C(O)C1O. The van der Waals surface area contributed by atoms with Gasteiger partial charge in [-0.25, -0.2) is 0 Å². The van der Waals surface area contributed by atoms with Crippen LogP contribution in [0, 0.1) is 0 Å². The highest BCUT2D eigenvalue weighted by Gasteiger charge is 2.47. The van der Waals surface area contributed by atoms with Crippen LogP contribution in [-0.4, -0.2) is 68.9 Å². The molecule has 1 aliphatic rings. The first-order valence-corrected chi connectivity index (χ1v) is 6.25. The Morgan fingerprint density at radius 1 is 1.05 bits per heavy atom. The van der Waals surface area contributed by atoms with Gasteiger partial charge in [0.25, 0.3) is 0 Å². The number of hydrogen-bond donors (Lipinski definition) is 5. The first-order valence-electron chi connectivity index (χ1n) is 6.25. The van der Waals surface area contributed by atoms with Crippen molar-refractivity contribution in [1.29, 1.82) is 0 Å². The zero-order valence-corrected chi connectivity index (χ0v) is 10.6. The molecule has 1 fully saturated rings. The molecule has 2 rings (SSSR count). The summed E-state index contributed by atoms with van der Waals surface area (Å²) in [6.45, 7) is -0.650. The van der Waals surface area contributed by atoms with E-state index in [9.17, 15) is 20.4 Å². The number of hydrogen-bond acceptors (Lipinski definition) is 7. The Morgan fingerprint density at radius 2 is 1.70 bits per heavy atom. The molecule has 1 aromatic carbocycles. The molecule has 5 N–H and O–H groups in total. The fraction of sp³-hybridized carbons (Fsp3) is 0.538. The second kappa shape index (κ2) is 6.49. The smallest absolute Gasteiger partial charge is 0.229 e. The average molecular weight is 286 g/mol.